The number of likely N-dealkylation sites (tertiary alicyclic amines) is 2. The number of carbonyl (C=O) groups excluding carboxylic acids is 3. The number of piperidine rings is 1. The lowest BCUT2D eigenvalue weighted by Crippen LogP contribution is -2.57. The average Bonchev–Trinajstić information content (AvgIpc) is 3.62. The number of hydrogen-bond donors (Lipinski definition) is 2. The third kappa shape index (κ3) is 4.07. The molecule has 11 nitrogen and oxygen atoms in total. The van der Waals surface area contributed by atoms with Crippen LogP contribution in [0.2, 0.25) is 0 Å². The standard InChI is InChI=1S/C27H31N7O4/c1-18-14-32(15-22(18)35)23(36)16-33-17-34(21-5-3-2-4-6-21)27(26(33)38)7-9-31(10-8-27)25(37)20-11-19-13-29-30-24(19)28-12-20/h2-6,11-13,18,22,35H,7-10,14-17H2,1H3,(H,28,29,30). The van der Waals surface area contributed by atoms with Crippen molar-refractivity contribution in [1.29, 1.82) is 0 Å². The van der Waals surface area contributed by atoms with Crippen LogP contribution in [0.15, 0.2) is 48.8 Å². The van der Waals surface area contributed by atoms with Crippen LogP contribution in [0.4, 0.5) is 5.69 Å². The Morgan fingerprint density at radius 3 is 2.58 bits per heavy atom. The molecule has 3 saturated heterocycles. The van der Waals surface area contributed by atoms with Crippen LogP contribution >= 0.6 is 0 Å². The SMILES string of the molecule is CC1CN(C(=O)CN2CN(c3ccccc3)C3(CCN(C(=O)c4cnc5[nH]ncc5c4)CC3)C2=O)CC1O. The van der Waals surface area contributed by atoms with Crippen molar-refractivity contribution in [2.75, 3.05) is 44.3 Å². The molecule has 0 saturated carbocycles. The van der Waals surface area contributed by atoms with E-state index < -0.39 is 11.6 Å². The van der Waals surface area contributed by atoms with E-state index in [2.05, 4.69) is 20.1 Å². The maximum absolute atomic E-state index is 13.9. The molecule has 0 bridgehead atoms. The Morgan fingerprint density at radius 2 is 1.87 bits per heavy atom. The molecule has 3 amide bonds. The molecule has 3 aromatic rings. The summed E-state index contributed by atoms with van der Waals surface area (Å²) in [5.41, 5.74) is 1.20. The Morgan fingerprint density at radius 1 is 1.11 bits per heavy atom. The van der Waals surface area contributed by atoms with Crippen LogP contribution in [0.3, 0.4) is 0 Å². The number of amides is 3. The number of hydrogen-bond acceptors (Lipinski definition) is 7. The number of benzene rings is 1. The van der Waals surface area contributed by atoms with E-state index in [1.54, 1.807) is 33.2 Å². The van der Waals surface area contributed by atoms with Gasteiger partial charge in [0.1, 0.15) is 12.1 Å². The van der Waals surface area contributed by atoms with Crippen LogP contribution in [-0.4, -0.2) is 104 Å². The Kier molecular flexibility index (Phi) is 6.02. The molecular weight excluding hydrogens is 486 g/mol. The Hall–Kier alpha value is -3.99. The number of H-pyrrole nitrogens is 1. The summed E-state index contributed by atoms with van der Waals surface area (Å²) in [6.45, 7) is 3.81. The lowest BCUT2D eigenvalue weighted by Gasteiger charge is -2.43. The topological polar surface area (TPSA) is 126 Å². The summed E-state index contributed by atoms with van der Waals surface area (Å²) in [6, 6.07) is 11.5. The van der Waals surface area contributed by atoms with E-state index in [1.807, 2.05) is 37.3 Å². The first kappa shape index (κ1) is 24.4. The summed E-state index contributed by atoms with van der Waals surface area (Å²) >= 11 is 0. The molecule has 3 fully saturated rings. The second kappa shape index (κ2) is 9.39. The van der Waals surface area contributed by atoms with E-state index in [9.17, 15) is 19.5 Å². The minimum atomic E-state index is -0.830. The smallest absolute Gasteiger partial charge is 0.255 e. The van der Waals surface area contributed by atoms with Crippen molar-refractivity contribution >= 4 is 34.4 Å². The molecule has 6 rings (SSSR count). The highest BCUT2D eigenvalue weighted by Gasteiger charge is 2.54. The zero-order valence-corrected chi connectivity index (χ0v) is 21.3. The number of rotatable bonds is 4. The second-order valence-corrected chi connectivity index (χ2v) is 10.6. The molecule has 1 spiro atoms. The number of aliphatic hydroxyl groups is 1. The predicted octanol–water partition coefficient (Wildman–Crippen LogP) is 1.08. The third-order valence-corrected chi connectivity index (χ3v) is 8.25. The zero-order chi connectivity index (χ0) is 26.4. The lowest BCUT2D eigenvalue weighted by atomic mass is 9.85. The molecule has 2 N–H and O–H groups in total. The molecule has 0 radical (unpaired) electrons. The van der Waals surface area contributed by atoms with Crippen LogP contribution in [0.25, 0.3) is 11.0 Å². The molecular formula is C27H31N7O4. The first-order valence-electron chi connectivity index (χ1n) is 13.0. The number of nitrogens with zero attached hydrogens (tertiary/aromatic N) is 6. The quantitative estimate of drug-likeness (QED) is 0.530. The monoisotopic (exact) mass is 517 g/mol. The summed E-state index contributed by atoms with van der Waals surface area (Å²) in [5.74, 6) is -0.342. The van der Waals surface area contributed by atoms with E-state index in [0.717, 1.165) is 11.1 Å². The van der Waals surface area contributed by atoms with Crippen LogP contribution in [-0.2, 0) is 9.59 Å². The average molecular weight is 518 g/mol. The van der Waals surface area contributed by atoms with Crippen molar-refractivity contribution in [3.63, 3.8) is 0 Å². The summed E-state index contributed by atoms with van der Waals surface area (Å²) in [5, 5.41) is 17.6. The number of aliphatic hydroxyl groups excluding tert-OH is 1. The molecule has 2 unspecified atom stereocenters. The number of para-hydroxylation sites is 1. The summed E-state index contributed by atoms with van der Waals surface area (Å²) in [4.78, 5) is 51.7. The highest BCUT2D eigenvalue weighted by molar-refractivity contribution is 5.98. The Labute approximate surface area is 220 Å². The van der Waals surface area contributed by atoms with Gasteiger partial charge in [0, 0.05) is 49.4 Å². The van der Waals surface area contributed by atoms with Crippen molar-refractivity contribution in [1.82, 2.24) is 29.9 Å². The summed E-state index contributed by atoms with van der Waals surface area (Å²) in [6.07, 6.45) is 3.56. The van der Waals surface area contributed by atoms with E-state index in [4.69, 9.17) is 0 Å². The van der Waals surface area contributed by atoms with Gasteiger partial charge in [-0.1, -0.05) is 25.1 Å². The number of nitrogens with one attached hydrogen (secondary N) is 1. The highest BCUT2D eigenvalue weighted by atomic mass is 16.3. The molecule has 38 heavy (non-hydrogen) atoms. The van der Waals surface area contributed by atoms with Crippen molar-refractivity contribution < 1.29 is 19.5 Å². The van der Waals surface area contributed by atoms with Gasteiger partial charge in [-0.05, 0) is 31.0 Å². The van der Waals surface area contributed by atoms with Crippen LogP contribution in [0.1, 0.15) is 30.1 Å². The van der Waals surface area contributed by atoms with E-state index in [-0.39, 0.29) is 30.2 Å². The van der Waals surface area contributed by atoms with Gasteiger partial charge < -0.3 is 24.7 Å². The summed E-state index contributed by atoms with van der Waals surface area (Å²) < 4.78 is 0. The van der Waals surface area contributed by atoms with Crippen LogP contribution in [0.5, 0.6) is 0 Å². The first-order chi connectivity index (χ1) is 18.4. The van der Waals surface area contributed by atoms with Gasteiger partial charge in [0.05, 0.1) is 24.5 Å². The molecule has 0 aliphatic carbocycles. The fourth-order valence-corrected chi connectivity index (χ4v) is 5.95. The number of fused-ring (bicyclic) bond motifs is 1. The Balaban J connectivity index is 1.21. The van der Waals surface area contributed by atoms with Crippen molar-refractivity contribution in [3.05, 3.63) is 54.4 Å². The molecule has 3 aliphatic rings. The second-order valence-electron chi connectivity index (χ2n) is 10.6. The van der Waals surface area contributed by atoms with Crippen molar-refractivity contribution in [3.8, 4) is 0 Å². The number of aromatic amines is 1. The molecule has 3 aliphatic heterocycles. The number of carbonyl (C=O) groups is 3. The van der Waals surface area contributed by atoms with Gasteiger partial charge in [-0.3, -0.25) is 19.5 Å². The third-order valence-electron chi connectivity index (χ3n) is 8.25. The van der Waals surface area contributed by atoms with Crippen molar-refractivity contribution in [2.24, 2.45) is 5.92 Å². The maximum Gasteiger partial charge on any atom is 0.255 e. The Bertz CT molecular complexity index is 1360. The van der Waals surface area contributed by atoms with E-state index in [1.165, 1.54) is 0 Å². The molecule has 2 aromatic heterocycles. The number of pyridine rings is 1. The van der Waals surface area contributed by atoms with Crippen LogP contribution < -0.4 is 4.90 Å². The number of anilines is 1. The fraction of sp³-hybridized carbons (Fsp3) is 0.444. The van der Waals surface area contributed by atoms with E-state index >= 15 is 0 Å². The van der Waals surface area contributed by atoms with Gasteiger partial charge in [0.25, 0.3) is 11.8 Å². The van der Waals surface area contributed by atoms with Crippen molar-refractivity contribution in [2.45, 2.75) is 31.4 Å². The largest absolute Gasteiger partial charge is 0.391 e. The molecule has 2 atom stereocenters. The minimum absolute atomic E-state index is 0.0201. The van der Waals surface area contributed by atoms with Gasteiger partial charge in [-0.2, -0.15) is 5.10 Å². The highest BCUT2D eigenvalue weighted by Crippen LogP contribution is 2.40. The fourth-order valence-electron chi connectivity index (χ4n) is 5.95. The molecule has 1 aromatic carbocycles. The number of β-amino-alcohol motifs (C(OH)–C–C–N with tert-alkyl or cyclic N) is 1. The van der Waals surface area contributed by atoms with E-state index in [0.29, 0.717) is 56.9 Å². The predicted molar refractivity (Wildman–Crippen MR) is 139 cm³/mol. The van der Waals surface area contributed by atoms with Crippen LogP contribution in [0, 0.1) is 5.92 Å². The molecule has 11 heteroatoms. The maximum atomic E-state index is 13.9. The summed E-state index contributed by atoms with van der Waals surface area (Å²) in [7, 11) is 0. The zero-order valence-electron chi connectivity index (χ0n) is 21.3. The normalized spacial score (nSPS) is 23.2. The van der Waals surface area contributed by atoms with Gasteiger partial charge in [-0.25, -0.2) is 4.98 Å². The van der Waals surface area contributed by atoms with Gasteiger partial charge in [0.15, 0.2) is 5.65 Å². The molecule has 198 valence electrons. The number of aromatic nitrogens is 3. The lowest BCUT2D eigenvalue weighted by molar-refractivity contribution is -0.140. The van der Waals surface area contributed by atoms with Gasteiger partial charge >= 0.3 is 0 Å². The molecule has 5 heterocycles. The van der Waals surface area contributed by atoms with Gasteiger partial charge in [0.2, 0.25) is 5.91 Å². The minimum Gasteiger partial charge on any atom is -0.391 e. The first-order valence-corrected chi connectivity index (χ1v) is 13.0. The van der Waals surface area contributed by atoms with Gasteiger partial charge in [-0.15, -0.1) is 0 Å².